The number of nitro groups is 1. The highest BCUT2D eigenvalue weighted by molar-refractivity contribution is 5.74. The number of anilines is 1. The van der Waals surface area contributed by atoms with Gasteiger partial charge in [-0.25, -0.2) is 0 Å². The molecule has 0 aromatic heterocycles. The molecule has 134 valence electrons. The molecule has 2 aromatic carbocycles. The summed E-state index contributed by atoms with van der Waals surface area (Å²) in [5.74, 6) is -0.201. The van der Waals surface area contributed by atoms with E-state index in [-0.39, 0.29) is 22.9 Å². The lowest BCUT2D eigenvalue weighted by atomic mass is 9.90. The number of rotatable bonds is 3. The van der Waals surface area contributed by atoms with Crippen LogP contribution < -0.4 is 4.90 Å². The Hall–Kier alpha value is -3.16. The molecule has 2 aliphatic heterocycles. The topological polar surface area (TPSA) is 112 Å². The van der Waals surface area contributed by atoms with Gasteiger partial charge >= 0.3 is 0 Å². The first-order valence-electron chi connectivity index (χ1n) is 8.56. The molecule has 0 saturated carbocycles. The molecule has 0 atom stereocenters. The van der Waals surface area contributed by atoms with Crippen molar-refractivity contribution in [2.75, 3.05) is 18.0 Å². The molecule has 0 radical (unpaired) electrons. The Labute approximate surface area is 149 Å². The first-order chi connectivity index (χ1) is 12.5. The Balaban J connectivity index is 1.71. The van der Waals surface area contributed by atoms with E-state index in [1.165, 1.54) is 12.1 Å². The smallest absolute Gasteiger partial charge is 0.273 e. The summed E-state index contributed by atoms with van der Waals surface area (Å²) >= 11 is 0. The fraction of sp³-hybridized carbons (Fsp3) is 0.333. The number of azo groups is 1. The van der Waals surface area contributed by atoms with Gasteiger partial charge < -0.3 is 15.1 Å². The van der Waals surface area contributed by atoms with Crippen molar-refractivity contribution in [3.63, 3.8) is 0 Å². The van der Waals surface area contributed by atoms with Crippen molar-refractivity contribution in [1.29, 1.82) is 0 Å². The number of hydrogen-bond donors (Lipinski definition) is 2. The van der Waals surface area contributed by atoms with Crippen molar-refractivity contribution in [3.05, 3.63) is 45.5 Å². The Morgan fingerprint density at radius 3 is 2.50 bits per heavy atom. The van der Waals surface area contributed by atoms with E-state index in [2.05, 4.69) is 15.1 Å². The third-order valence-corrected chi connectivity index (χ3v) is 4.91. The van der Waals surface area contributed by atoms with E-state index in [4.69, 9.17) is 0 Å². The lowest BCUT2D eigenvalue weighted by molar-refractivity contribution is -0.384. The molecule has 2 N–H and O–H groups in total. The van der Waals surface area contributed by atoms with E-state index >= 15 is 0 Å². The van der Waals surface area contributed by atoms with Crippen molar-refractivity contribution in [2.45, 2.75) is 25.7 Å². The summed E-state index contributed by atoms with van der Waals surface area (Å²) in [6.45, 7) is 2.02. The van der Waals surface area contributed by atoms with Crippen molar-refractivity contribution < 1.29 is 15.1 Å². The average Bonchev–Trinajstić information content (AvgIpc) is 2.64. The zero-order valence-electron chi connectivity index (χ0n) is 14.1. The third kappa shape index (κ3) is 2.73. The van der Waals surface area contributed by atoms with Gasteiger partial charge in [-0.3, -0.25) is 10.1 Å². The second-order valence-electron chi connectivity index (χ2n) is 6.55. The molecule has 0 spiro atoms. The lowest BCUT2D eigenvalue weighted by Gasteiger charge is -2.37. The molecule has 0 fully saturated rings. The average molecular weight is 354 g/mol. The molecule has 0 amide bonds. The summed E-state index contributed by atoms with van der Waals surface area (Å²) in [7, 11) is 0. The number of phenolic OH excluding ortho intramolecular Hbond substituents is 2. The van der Waals surface area contributed by atoms with E-state index in [9.17, 15) is 20.3 Å². The molecule has 0 bridgehead atoms. The number of nitro benzene ring substituents is 1. The van der Waals surface area contributed by atoms with Gasteiger partial charge in [0.2, 0.25) is 0 Å². The van der Waals surface area contributed by atoms with Gasteiger partial charge in [0.25, 0.3) is 5.69 Å². The molecule has 2 aliphatic rings. The zero-order chi connectivity index (χ0) is 18.3. The predicted octanol–water partition coefficient (Wildman–Crippen LogP) is 4.12. The molecular formula is C18H18N4O4. The van der Waals surface area contributed by atoms with Crippen LogP contribution in [0.15, 0.2) is 34.5 Å². The van der Waals surface area contributed by atoms with Crippen LogP contribution in [-0.2, 0) is 12.8 Å². The van der Waals surface area contributed by atoms with Crippen LogP contribution in [0.3, 0.4) is 0 Å². The largest absolute Gasteiger partial charge is 0.505 e. The molecule has 26 heavy (non-hydrogen) atoms. The molecule has 4 rings (SSSR count). The fourth-order valence-electron chi connectivity index (χ4n) is 3.72. The van der Waals surface area contributed by atoms with Crippen LogP contribution in [0, 0.1) is 10.1 Å². The number of phenols is 2. The number of aromatic hydroxyl groups is 2. The quantitative estimate of drug-likeness (QED) is 0.489. The Morgan fingerprint density at radius 2 is 1.77 bits per heavy atom. The normalized spacial score (nSPS) is 15.9. The second kappa shape index (κ2) is 6.29. The Kier molecular flexibility index (Phi) is 3.95. The van der Waals surface area contributed by atoms with Crippen molar-refractivity contribution in [2.24, 2.45) is 10.2 Å². The minimum atomic E-state index is -0.591. The van der Waals surface area contributed by atoms with E-state index < -0.39 is 4.92 Å². The molecule has 2 heterocycles. The fourth-order valence-corrected chi connectivity index (χ4v) is 3.72. The SMILES string of the molecule is O=[N+]([O-])c1ccc(N=Nc2cc3c4c(c2O)CCCN4CCC3)c(O)c1. The maximum atomic E-state index is 10.7. The van der Waals surface area contributed by atoms with Gasteiger partial charge in [-0.15, -0.1) is 10.2 Å². The number of hydrogen-bond acceptors (Lipinski definition) is 7. The number of non-ortho nitro benzene ring substituents is 1. The standard InChI is InChI=1S/C18H18N4O4/c23-16-10-12(22(25)26)5-6-14(16)19-20-15-9-11-3-1-7-21-8-2-4-13(17(11)21)18(15)24/h5-6,9-10,23-24H,1-4,7-8H2. The molecule has 0 saturated heterocycles. The molecule has 0 unspecified atom stereocenters. The Bertz CT molecular complexity index is 924. The predicted molar refractivity (Wildman–Crippen MR) is 95.9 cm³/mol. The zero-order valence-corrected chi connectivity index (χ0v) is 14.1. The van der Waals surface area contributed by atoms with Crippen LogP contribution >= 0.6 is 0 Å². The van der Waals surface area contributed by atoms with Crippen LogP contribution in [0.2, 0.25) is 0 Å². The molecular weight excluding hydrogens is 336 g/mol. The van der Waals surface area contributed by atoms with Gasteiger partial charge in [0.05, 0.1) is 11.0 Å². The summed E-state index contributed by atoms with van der Waals surface area (Å²) in [4.78, 5) is 12.5. The number of nitrogens with zero attached hydrogens (tertiary/aromatic N) is 4. The van der Waals surface area contributed by atoms with E-state index in [0.29, 0.717) is 5.69 Å². The summed E-state index contributed by atoms with van der Waals surface area (Å²) in [5, 5.41) is 39.3. The van der Waals surface area contributed by atoms with Crippen LogP contribution in [0.25, 0.3) is 0 Å². The van der Waals surface area contributed by atoms with Crippen LogP contribution in [0.5, 0.6) is 11.5 Å². The molecule has 8 heteroatoms. The second-order valence-corrected chi connectivity index (χ2v) is 6.55. The summed E-state index contributed by atoms with van der Waals surface area (Å²) in [6.07, 6.45) is 3.79. The van der Waals surface area contributed by atoms with Gasteiger partial charge in [-0.05, 0) is 43.4 Å². The highest BCUT2D eigenvalue weighted by Gasteiger charge is 2.27. The van der Waals surface area contributed by atoms with Gasteiger partial charge in [-0.2, -0.15) is 0 Å². The van der Waals surface area contributed by atoms with Crippen molar-refractivity contribution in [1.82, 2.24) is 0 Å². The highest BCUT2D eigenvalue weighted by atomic mass is 16.6. The van der Waals surface area contributed by atoms with Crippen LogP contribution in [0.1, 0.15) is 24.0 Å². The van der Waals surface area contributed by atoms with Gasteiger partial charge in [0.1, 0.15) is 22.9 Å². The lowest BCUT2D eigenvalue weighted by Crippen LogP contribution is -2.34. The summed E-state index contributed by atoms with van der Waals surface area (Å²) < 4.78 is 0. The summed E-state index contributed by atoms with van der Waals surface area (Å²) in [6, 6.07) is 5.46. The number of benzene rings is 2. The first-order valence-corrected chi connectivity index (χ1v) is 8.56. The minimum absolute atomic E-state index is 0.114. The Morgan fingerprint density at radius 1 is 1.04 bits per heavy atom. The van der Waals surface area contributed by atoms with Crippen LogP contribution in [-0.4, -0.2) is 28.2 Å². The van der Waals surface area contributed by atoms with E-state index in [1.807, 2.05) is 6.07 Å². The molecule has 2 aromatic rings. The van der Waals surface area contributed by atoms with Crippen LogP contribution in [0.4, 0.5) is 22.7 Å². The van der Waals surface area contributed by atoms with Crippen molar-refractivity contribution >= 4 is 22.7 Å². The highest BCUT2D eigenvalue weighted by Crippen LogP contribution is 2.45. The number of aryl methyl sites for hydroxylation is 1. The van der Waals surface area contributed by atoms with E-state index in [1.54, 1.807) is 0 Å². The third-order valence-electron chi connectivity index (χ3n) is 4.91. The summed E-state index contributed by atoms with van der Waals surface area (Å²) in [5.41, 5.74) is 3.46. The minimum Gasteiger partial charge on any atom is -0.505 e. The molecule has 0 aliphatic carbocycles. The maximum Gasteiger partial charge on any atom is 0.273 e. The van der Waals surface area contributed by atoms with Gasteiger partial charge in [0.15, 0.2) is 0 Å². The monoisotopic (exact) mass is 354 g/mol. The van der Waals surface area contributed by atoms with Crippen molar-refractivity contribution in [3.8, 4) is 11.5 Å². The molecule has 8 nitrogen and oxygen atoms in total. The first kappa shape index (κ1) is 16.3. The van der Waals surface area contributed by atoms with Gasteiger partial charge in [0, 0.05) is 30.4 Å². The van der Waals surface area contributed by atoms with E-state index in [0.717, 1.165) is 61.7 Å². The van der Waals surface area contributed by atoms with Gasteiger partial charge in [-0.1, -0.05) is 0 Å². The maximum absolute atomic E-state index is 10.7.